The number of hydrogen-bond donors (Lipinski definition) is 2. The number of nitrogens with zero attached hydrogens (tertiary/aromatic N) is 1. The Kier molecular flexibility index (Phi) is 4.54. The number of nitrogens with two attached hydrogens (primary N) is 1. The second kappa shape index (κ2) is 5.69. The third-order valence-electron chi connectivity index (χ3n) is 1.63. The van der Waals surface area contributed by atoms with Gasteiger partial charge in [0.05, 0.1) is 23.0 Å². The van der Waals surface area contributed by atoms with Crippen molar-refractivity contribution in [3.05, 3.63) is 16.7 Å². The van der Waals surface area contributed by atoms with E-state index in [1.54, 1.807) is 6.07 Å². The van der Waals surface area contributed by atoms with Crippen LogP contribution in [-0.4, -0.2) is 17.7 Å². The number of anilines is 2. The number of pyridine rings is 1. The van der Waals surface area contributed by atoms with E-state index in [0.717, 1.165) is 0 Å². The molecule has 1 rings (SSSR count). The fraction of sp³-hybridized carbons (Fsp3) is 0.400. The van der Waals surface area contributed by atoms with Crippen molar-refractivity contribution in [2.24, 2.45) is 5.92 Å². The number of carbonyl (C=O) groups is 1. The normalized spacial score (nSPS) is 10.2. The highest BCUT2D eigenvalue weighted by molar-refractivity contribution is 9.10. The van der Waals surface area contributed by atoms with E-state index >= 15 is 0 Å². The monoisotopic (exact) mass is 287 g/mol. The Balaban J connectivity index is 2.56. The second-order valence-corrected chi connectivity index (χ2v) is 4.57. The van der Waals surface area contributed by atoms with Crippen molar-refractivity contribution < 1.29 is 9.53 Å². The number of halogens is 1. The van der Waals surface area contributed by atoms with Crippen LogP contribution in [0.15, 0.2) is 16.7 Å². The van der Waals surface area contributed by atoms with E-state index in [0.29, 0.717) is 28.5 Å². The Labute approximate surface area is 103 Å². The topological polar surface area (TPSA) is 77.2 Å². The maximum Gasteiger partial charge on any atom is 0.412 e. The molecule has 0 atom stereocenters. The maximum atomic E-state index is 11.3. The van der Waals surface area contributed by atoms with Crippen molar-refractivity contribution in [3.8, 4) is 0 Å². The summed E-state index contributed by atoms with van der Waals surface area (Å²) in [6.07, 6.45) is 0.940. The highest BCUT2D eigenvalue weighted by Gasteiger charge is 2.08. The van der Waals surface area contributed by atoms with Gasteiger partial charge in [-0.15, -0.1) is 0 Å². The van der Waals surface area contributed by atoms with Crippen LogP contribution in [-0.2, 0) is 4.74 Å². The van der Waals surface area contributed by atoms with Gasteiger partial charge in [-0.05, 0) is 27.9 Å². The molecular formula is C10H14BrN3O2. The zero-order valence-electron chi connectivity index (χ0n) is 9.16. The summed E-state index contributed by atoms with van der Waals surface area (Å²) in [6, 6.07) is 1.66. The predicted molar refractivity (Wildman–Crippen MR) is 66.2 cm³/mol. The molecular weight excluding hydrogens is 274 g/mol. The molecule has 1 aromatic rings. The quantitative estimate of drug-likeness (QED) is 0.896. The minimum absolute atomic E-state index is 0.300. The molecule has 1 heterocycles. The lowest BCUT2D eigenvalue weighted by molar-refractivity contribution is 0.147. The van der Waals surface area contributed by atoms with Gasteiger partial charge in [0.2, 0.25) is 0 Å². The van der Waals surface area contributed by atoms with Gasteiger partial charge in [0.25, 0.3) is 0 Å². The summed E-state index contributed by atoms with van der Waals surface area (Å²) in [5, 5.41) is 2.52. The van der Waals surface area contributed by atoms with Crippen molar-refractivity contribution in [2.75, 3.05) is 17.7 Å². The van der Waals surface area contributed by atoms with Crippen molar-refractivity contribution in [1.29, 1.82) is 0 Å². The lowest BCUT2D eigenvalue weighted by Crippen LogP contribution is -2.17. The van der Waals surface area contributed by atoms with Crippen molar-refractivity contribution in [3.63, 3.8) is 0 Å². The molecule has 0 spiro atoms. The molecule has 3 N–H and O–H groups in total. The summed E-state index contributed by atoms with van der Waals surface area (Å²) < 4.78 is 5.57. The summed E-state index contributed by atoms with van der Waals surface area (Å²) in [7, 11) is 0. The Morgan fingerprint density at radius 2 is 2.38 bits per heavy atom. The van der Waals surface area contributed by atoms with Crippen LogP contribution >= 0.6 is 15.9 Å². The first-order valence-electron chi connectivity index (χ1n) is 4.84. The third-order valence-corrected chi connectivity index (χ3v) is 2.24. The Morgan fingerprint density at radius 3 is 2.94 bits per heavy atom. The third kappa shape index (κ3) is 4.06. The Hall–Kier alpha value is -1.30. The molecule has 0 radical (unpaired) electrons. The largest absolute Gasteiger partial charge is 0.449 e. The van der Waals surface area contributed by atoms with Gasteiger partial charge in [-0.2, -0.15) is 0 Å². The molecule has 0 aromatic carbocycles. The lowest BCUT2D eigenvalue weighted by atomic mass is 10.2. The Bertz CT molecular complexity index is 382. The molecule has 0 saturated carbocycles. The van der Waals surface area contributed by atoms with Gasteiger partial charge in [-0.3, -0.25) is 5.32 Å². The zero-order chi connectivity index (χ0) is 12.1. The SMILES string of the molecule is CC(C)COC(=O)Nc1ncc(N)cc1Br. The van der Waals surface area contributed by atoms with Crippen molar-refractivity contribution >= 4 is 33.5 Å². The first-order chi connectivity index (χ1) is 7.49. The van der Waals surface area contributed by atoms with Crippen LogP contribution < -0.4 is 11.1 Å². The first-order valence-corrected chi connectivity index (χ1v) is 5.63. The smallest absolute Gasteiger partial charge is 0.412 e. The second-order valence-electron chi connectivity index (χ2n) is 3.72. The number of aromatic nitrogens is 1. The van der Waals surface area contributed by atoms with Gasteiger partial charge in [0, 0.05) is 0 Å². The van der Waals surface area contributed by atoms with Crippen LogP contribution in [0.25, 0.3) is 0 Å². The van der Waals surface area contributed by atoms with Gasteiger partial charge < -0.3 is 10.5 Å². The highest BCUT2D eigenvalue weighted by atomic mass is 79.9. The number of hydrogen-bond acceptors (Lipinski definition) is 4. The van der Waals surface area contributed by atoms with Gasteiger partial charge >= 0.3 is 6.09 Å². The molecule has 0 fully saturated rings. The molecule has 0 aliphatic heterocycles. The van der Waals surface area contributed by atoms with Crippen molar-refractivity contribution in [2.45, 2.75) is 13.8 Å². The summed E-state index contributed by atoms with van der Waals surface area (Å²) in [4.78, 5) is 15.3. The number of rotatable bonds is 3. The summed E-state index contributed by atoms with van der Waals surface area (Å²) >= 11 is 3.24. The maximum absolute atomic E-state index is 11.3. The van der Waals surface area contributed by atoms with E-state index in [9.17, 15) is 4.79 Å². The van der Waals surface area contributed by atoms with Gasteiger partial charge in [-0.1, -0.05) is 13.8 Å². The minimum Gasteiger partial charge on any atom is -0.449 e. The number of nitrogens with one attached hydrogen (secondary N) is 1. The molecule has 1 aromatic heterocycles. The van der Waals surface area contributed by atoms with E-state index in [4.69, 9.17) is 10.5 Å². The average Bonchev–Trinajstić information content (AvgIpc) is 2.19. The van der Waals surface area contributed by atoms with E-state index in [1.165, 1.54) is 6.20 Å². The molecule has 0 aliphatic rings. The first kappa shape index (κ1) is 12.8. The van der Waals surface area contributed by atoms with Crippen molar-refractivity contribution in [1.82, 2.24) is 4.98 Å². The summed E-state index contributed by atoms with van der Waals surface area (Å²) in [5.74, 6) is 0.691. The minimum atomic E-state index is -0.522. The van der Waals surface area contributed by atoms with Gasteiger partial charge in [-0.25, -0.2) is 9.78 Å². The number of amides is 1. The van der Waals surface area contributed by atoms with Crippen LogP contribution in [0.2, 0.25) is 0 Å². The Morgan fingerprint density at radius 1 is 1.69 bits per heavy atom. The van der Waals surface area contributed by atoms with Gasteiger partial charge in [0.15, 0.2) is 0 Å². The molecule has 0 bridgehead atoms. The van der Waals surface area contributed by atoms with Crippen LogP contribution in [0.1, 0.15) is 13.8 Å². The van der Waals surface area contributed by atoms with Crippen LogP contribution in [0.3, 0.4) is 0 Å². The molecule has 0 saturated heterocycles. The van der Waals surface area contributed by atoms with E-state index in [2.05, 4.69) is 26.2 Å². The molecule has 0 aliphatic carbocycles. The summed E-state index contributed by atoms with van der Waals surface area (Å²) in [6.45, 7) is 4.30. The molecule has 88 valence electrons. The number of carbonyl (C=O) groups excluding carboxylic acids is 1. The van der Waals surface area contributed by atoms with Crippen LogP contribution in [0.5, 0.6) is 0 Å². The van der Waals surface area contributed by atoms with E-state index < -0.39 is 6.09 Å². The van der Waals surface area contributed by atoms with Crippen LogP contribution in [0.4, 0.5) is 16.3 Å². The number of ether oxygens (including phenoxy) is 1. The molecule has 1 amide bonds. The molecule has 5 nitrogen and oxygen atoms in total. The van der Waals surface area contributed by atoms with E-state index in [1.807, 2.05) is 13.8 Å². The lowest BCUT2D eigenvalue weighted by Gasteiger charge is -2.09. The van der Waals surface area contributed by atoms with E-state index in [-0.39, 0.29) is 0 Å². The fourth-order valence-electron chi connectivity index (χ4n) is 0.920. The van der Waals surface area contributed by atoms with Gasteiger partial charge in [0.1, 0.15) is 5.82 Å². The molecule has 6 heteroatoms. The summed E-state index contributed by atoms with van der Waals surface area (Å²) in [5.41, 5.74) is 6.04. The molecule has 16 heavy (non-hydrogen) atoms. The number of nitrogen functional groups attached to an aromatic ring is 1. The molecule has 0 unspecified atom stereocenters. The predicted octanol–water partition coefficient (Wildman–Crippen LogP) is 2.63. The van der Waals surface area contributed by atoms with Crippen LogP contribution in [0, 0.1) is 5.92 Å². The highest BCUT2D eigenvalue weighted by Crippen LogP contribution is 2.21. The fourth-order valence-corrected chi connectivity index (χ4v) is 1.39. The zero-order valence-corrected chi connectivity index (χ0v) is 10.7. The standard InChI is InChI=1S/C10H14BrN3O2/c1-6(2)5-16-10(15)14-9-8(11)3-7(12)4-13-9/h3-4,6H,5,12H2,1-2H3,(H,13,14,15). The average molecular weight is 288 g/mol.